The third kappa shape index (κ3) is 3.94. The minimum Gasteiger partial charge on any atom is -0.394 e. The molecule has 2 aromatic carbocycles. The maximum Gasteiger partial charge on any atom is 0.272 e. The average molecular weight is 465 g/mol. The molecule has 0 spiro atoms. The zero-order valence-electron chi connectivity index (χ0n) is 18.7. The van der Waals surface area contributed by atoms with Gasteiger partial charge in [-0.05, 0) is 37.4 Å². The first-order chi connectivity index (χ1) is 16.5. The monoisotopic (exact) mass is 465 g/mol. The summed E-state index contributed by atoms with van der Waals surface area (Å²) in [6.07, 6.45) is 0.752. The fourth-order valence-electron chi connectivity index (χ4n) is 4.41. The highest BCUT2D eigenvalue weighted by Gasteiger charge is 2.37. The predicted molar refractivity (Wildman–Crippen MR) is 123 cm³/mol. The molecular weight excluding hydrogens is 441 g/mol. The van der Waals surface area contributed by atoms with Crippen LogP contribution in [0.5, 0.6) is 0 Å². The van der Waals surface area contributed by atoms with E-state index in [4.69, 9.17) is 4.84 Å². The van der Waals surface area contributed by atoms with E-state index in [1.54, 1.807) is 4.68 Å². The van der Waals surface area contributed by atoms with E-state index in [0.29, 0.717) is 22.6 Å². The zero-order valence-corrected chi connectivity index (χ0v) is 18.7. The smallest absolute Gasteiger partial charge is 0.272 e. The Morgan fingerprint density at radius 2 is 2.03 bits per heavy atom. The number of nitrogens with zero attached hydrogens (tertiary/aromatic N) is 5. The third-order valence-corrected chi connectivity index (χ3v) is 5.82. The van der Waals surface area contributed by atoms with Crippen LogP contribution in [0.3, 0.4) is 0 Å². The Morgan fingerprint density at radius 1 is 1.24 bits per heavy atom. The number of hydrogen-bond donors (Lipinski definition) is 3. The number of aliphatic hydroxyl groups is 1. The van der Waals surface area contributed by atoms with Gasteiger partial charge in [0.1, 0.15) is 24.1 Å². The first kappa shape index (κ1) is 22.1. The Bertz CT molecular complexity index is 1380. The summed E-state index contributed by atoms with van der Waals surface area (Å²) in [6, 6.07) is 10.4. The Kier molecular flexibility index (Phi) is 5.82. The highest BCUT2D eigenvalue weighted by Crippen LogP contribution is 2.44. The number of hydrogen-bond acceptors (Lipinski definition) is 8. The second-order valence-corrected chi connectivity index (χ2v) is 8.48. The highest BCUT2D eigenvalue weighted by molar-refractivity contribution is 5.95. The molecule has 0 aliphatic carbocycles. The zero-order chi connectivity index (χ0) is 23.8. The molecule has 34 heavy (non-hydrogen) atoms. The van der Waals surface area contributed by atoms with Crippen molar-refractivity contribution in [3.05, 3.63) is 81.5 Å². The molecule has 0 bridgehead atoms. The molecule has 0 fully saturated rings. The van der Waals surface area contributed by atoms with Gasteiger partial charge < -0.3 is 10.0 Å². The fourth-order valence-corrected chi connectivity index (χ4v) is 4.41. The lowest BCUT2D eigenvalue weighted by Crippen LogP contribution is -2.23. The summed E-state index contributed by atoms with van der Waals surface area (Å²) in [5.74, 6) is -0.698. The number of halogens is 1. The van der Waals surface area contributed by atoms with E-state index in [1.165, 1.54) is 18.5 Å². The highest BCUT2D eigenvalue weighted by atomic mass is 19.1. The van der Waals surface area contributed by atoms with Gasteiger partial charge in [-0.2, -0.15) is 10.2 Å². The molecule has 5 rings (SSSR count). The van der Waals surface area contributed by atoms with Crippen molar-refractivity contribution in [1.82, 2.24) is 29.9 Å². The van der Waals surface area contributed by atoms with Crippen molar-refractivity contribution in [2.75, 3.05) is 26.2 Å². The molecule has 0 saturated heterocycles. The van der Waals surface area contributed by atoms with Crippen molar-refractivity contribution in [1.29, 1.82) is 0 Å². The van der Waals surface area contributed by atoms with Crippen LogP contribution in [-0.2, 0) is 17.9 Å². The van der Waals surface area contributed by atoms with E-state index in [-0.39, 0.29) is 18.5 Å². The average Bonchev–Trinajstić information content (AvgIpc) is 3.19. The number of aliphatic hydroxyl groups excluding tert-OH is 1. The molecule has 0 radical (unpaired) electrons. The van der Waals surface area contributed by atoms with Gasteiger partial charge >= 0.3 is 0 Å². The fraction of sp³-hybridized carbons (Fsp3) is 0.304. The molecule has 1 aliphatic heterocycles. The van der Waals surface area contributed by atoms with Gasteiger partial charge in [-0.3, -0.25) is 15.1 Å². The van der Waals surface area contributed by atoms with Crippen LogP contribution in [0.4, 0.5) is 10.1 Å². The van der Waals surface area contributed by atoms with E-state index >= 15 is 0 Å². The van der Waals surface area contributed by atoms with Gasteiger partial charge in [0, 0.05) is 11.9 Å². The molecule has 3 heterocycles. The number of benzene rings is 2. The van der Waals surface area contributed by atoms with E-state index in [2.05, 4.69) is 30.7 Å². The molecule has 176 valence electrons. The molecule has 0 saturated carbocycles. The van der Waals surface area contributed by atoms with Crippen LogP contribution in [-0.4, -0.2) is 55.7 Å². The Labute approximate surface area is 194 Å². The van der Waals surface area contributed by atoms with Gasteiger partial charge in [0.15, 0.2) is 0 Å². The van der Waals surface area contributed by atoms with Crippen molar-refractivity contribution >= 4 is 16.5 Å². The van der Waals surface area contributed by atoms with E-state index in [1.807, 2.05) is 38.4 Å². The van der Waals surface area contributed by atoms with Gasteiger partial charge in [-0.1, -0.05) is 24.3 Å². The number of anilines is 1. The van der Waals surface area contributed by atoms with Gasteiger partial charge in [-0.25, -0.2) is 19.2 Å². The van der Waals surface area contributed by atoms with E-state index < -0.39 is 23.4 Å². The second-order valence-electron chi connectivity index (χ2n) is 8.48. The van der Waals surface area contributed by atoms with E-state index in [9.17, 15) is 14.3 Å². The second kappa shape index (κ2) is 8.93. The maximum absolute atomic E-state index is 14.3. The first-order valence-corrected chi connectivity index (χ1v) is 10.8. The molecule has 4 aromatic rings. The molecule has 2 aromatic heterocycles. The van der Waals surface area contributed by atoms with Crippen molar-refractivity contribution in [3.8, 4) is 0 Å². The summed E-state index contributed by atoms with van der Waals surface area (Å²) in [7, 11) is 4.00. The summed E-state index contributed by atoms with van der Waals surface area (Å²) < 4.78 is 15.9. The van der Waals surface area contributed by atoms with Crippen LogP contribution < -0.4 is 11.0 Å². The molecule has 11 heteroatoms. The Morgan fingerprint density at radius 3 is 2.76 bits per heavy atom. The van der Waals surface area contributed by atoms with Crippen LogP contribution in [0.1, 0.15) is 34.7 Å². The molecule has 2 unspecified atom stereocenters. The normalized spacial score (nSPS) is 17.7. The maximum atomic E-state index is 14.3. The minimum atomic E-state index is -0.646. The van der Waals surface area contributed by atoms with Crippen molar-refractivity contribution in [3.63, 3.8) is 0 Å². The minimum absolute atomic E-state index is 0.137. The van der Waals surface area contributed by atoms with Crippen LogP contribution in [0, 0.1) is 5.82 Å². The Balaban J connectivity index is 1.71. The summed E-state index contributed by atoms with van der Waals surface area (Å²) >= 11 is 0. The number of rotatable bonds is 6. The SMILES string of the molecule is CN(C)Cc1ccc(C2ONc3cc(F)cc4c(=O)[nH]nc(c34)C2c2ncnn2CCO)cc1. The number of nitrogens with one attached hydrogen (secondary N) is 2. The molecule has 2 atom stereocenters. The summed E-state index contributed by atoms with van der Waals surface area (Å²) in [6.45, 7) is 0.865. The molecule has 3 N–H and O–H groups in total. The van der Waals surface area contributed by atoms with Gasteiger partial charge in [0.05, 0.1) is 35.8 Å². The van der Waals surface area contributed by atoms with E-state index in [0.717, 1.165) is 17.7 Å². The molecular formula is C23H24FN7O3. The lowest BCUT2D eigenvalue weighted by atomic mass is 9.89. The third-order valence-electron chi connectivity index (χ3n) is 5.82. The van der Waals surface area contributed by atoms with Crippen molar-refractivity contribution in [2.45, 2.75) is 25.1 Å². The van der Waals surface area contributed by atoms with Crippen LogP contribution in [0.25, 0.3) is 10.8 Å². The van der Waals surface area contributed by atoms with Crippen molar-refractivity contribution in [2.24, 2.45) is 0 Å². The molecule has 10 nitrogen and oxygen atoms in total. The van der Waals surface area contributed by atoms with Crippen LogP contribution in [0.2, 0.25) is 0 Å². The Hall–Kier alpha value is -3.67. The van der Waals surface area contributed by atoms with Gasteiger partial charge in [0.2, 0.25) is 0 Å². The lowest BCUT2D eigenvalue weighted by Gasteiger charge is -2.25. The lowest BCUT2D eigenvalue weighted by molar-refractivity contribution is 0.0841. The number of aromatic amines is 1. The molecule has 0 amide bonds. The van der Waals surface area contributed by atoms with Crippen molar-refractivity contribution < 1.29 is 14.3 Å². The first-order valence-electron chi connectivity index (χ1n) is 10.8. The number of H-pyrrole nitrogens is 1. The topological polar surface area (TPSA) is 121 Å². The van der Waals surface area contributed by atoms with Gasteiger partial charge in [0.25, 0.3) is 5.56 Å². The predicted octanol–water partition coefficient (Wildman–Crippen LogP) is 1.94. The number of aromatic nitrogens is 5. The summed E-state index contributed by atoms with van der Waals surface area (Å²) in [5.41, 5.74) is 5.06. The standard InChI is InChI=1S/C23H24FN7O3/c1-30(2)11-13-3-5-14(6-4-13)21-19(22-25-12-26-31(22)7-8-32)20-18-16(23(33)28-27-20)9-15(24)10-17(18)29-34-21/h3-6,9-10,12,19,21,29,32H,7-8,11H2,1-2H3,(H,28,33). The van der Waals surface area contributed by atoms with Gasteiger partial charge in [-0.15, -0.1) is 0 Å². The largest absolute Gasteiger partial charge is 0.394 e. The summed E-state index contributed by atoms with van der Waals surface area (Å²) in [5, 5.41) is 21.2. The summed E-state index contributed by atoms with van der Waals surface area (Å²) in [4.78, 5) is 25.2. The van der Waals surface area contributed by atoms with Crippen LogP contribution in [0.15, 0.2) is 47.5 Å². The van der Waals surface area contributed by atoms with Crippen LogP contribution >= 0.6 is 0 Å². The quantitative estimate of drug-likeness (QED) is 0.395. The molecule has 1 aliphatic rings.